The van der Waals surface area contributed by atoms with Gasteiger partial charge in [-0.05, 0) is 44.0 Å². The van der Waals surface area contributed by atoms with Crippen LogP contribution in [0.2, 0.25) is 5.02 Å². The highest BCUT2D eigenvalue weighted by Crippen LogP contribution is 2.23. The van der Waals surface area contributed by atoms with Crippen molar-refractivity contribution in [2.75, 3.05) is 17.1 Å². The van der Waals surface area contributed by atoms with Crippen molar-refractivity contribution in [1.29, 1.82) is 0 Å². The molecule has 1 unspecified atom stereocenters. The molecule has 1 atom stereocenters. The molecule has 1 aliphatic rings. The van der Waals surface area contributed by atoms with Crippen LogP contribution in [0, 0.1) is 5.82 Å². The SMILES string of the molecule is CC(C(=O)NC1CCCC1)N(Cc1ccccc1F)C(=O)CN(c1cccc(Cl)c1)S(C)(=O)=O. The zero-order chi connectivity index (χ0) is 24.9. The third-order valence-electron chi connectivity index (χ3n) is 5.94. The zero-order valence-electron chi connectivity index (χ0n) is 19.2. The van der Waals surface area contributed by atoms with E-state index in [1.54, 1.807) is 25.1 Å². The third kappa shape index (κ3) is 6.70. The summed E-state index contributed by atoms with van der Waals surface area (Å²) >= 11 is 6.02. The molecular formula is C24H29ClFN3O4S. The molecule has 0 aromatic heterocycles. The Morgan fingerprint density at radius 3 is 2.44 bits per heavy atom. The van der Waals surface area contributed by atoms with Crippen LogP contribution in [0.1, 0.15) is 38.2 Å². The second-order valence-corrected chi connectivity index (χ2v) is 10.9. The van der Waals surface area contributed by atoms with E-state index in [0.29, 0.717) is 5.02 Å². The molecule has 0 saturated heterocycles. The van der Waals surface area contributed by atoms with Crippen LogP contribution in [-0.4, -0.2) is 50.0 Å². The number of amides is 2. The summed E-state index contributed by atoms with van der Waals surface area (Å²) in [5, 5.41) is 3.27. The summed E-state index contributed by atoms with van der Waals surface area (Å²) in [5.74, 6) is -1.51. The molecule has 1 N–H and O–H groups in total. The molecule has 1 aliphatic carbocycles. The van der Waals surface area contributed by atoms with Crippen molar-refractivity contribution in [3.63, 3.8) is 0 Å². The van der Waals surface area contributed by atoms with E-state index >= 15 is 0 Å². The summed E-state index contributed by atoms with van der Waals surface area (Å²) in [7, 11) is -3.86. The van der Waals surface area contributed by atoms with Crippen LogP contribution < -0.4 is 9.62 Å². The van der Waals surface area contributed by atoms with Crippen LogP contribution in [0.3, 0.4) is 0 Å². The number of carbonyl (C=O) groups excluding carboxylic acids is 2. The molecule has 0 heterocycles. The molecule has 2 aromatic rings. The third-order valence-corrected chi connectivity index (χ3v) is 7.32. The van der Waals surface area contributed by atoms with Gasteiger partial charge in [-0.25, -0.2) is 12.8 Å². The summed E-state index contributed by atoms with van der Waals surface area (Å²) < 4.78 is 40.4. The lowest BCUT2D eigenvalue weighted by Crippen LogP contribution is -2.52. The topological polar surface area (TPSA) is 86.8 Å². The molecule has 2 amide bonds. The van der Waals surface area contributed by atoms with E-state index < -0.39 is 34.3 Å². The van der Waals surface area contributed by atoms with Gasteiger partial charge in [-0.3, -0.25) is 13.9 Å². The molecule has 0 radical (unpaired) electrons. The van der Waals surface area contributed by atoms with Gasteiger partial charge in [0.15, 0.2) is 0 Å². The van der Waals surface area contributed by atoms with E-state index in [-0.39, 0.29) is 29.7 Å². The maximum Gasteiger partial charge on any atom is 0.244 e. The van der Waals surface area contributed by atoms with Gasteiger partial charge in [0.1, 0.15) is 18.4 Å². The van der Waals surface area contributed by atoms with Gasteiger partial charge in [-0.1, -0.05) is 48.7 Å². The van der Waals surface area contributed by atoms with E-state index in [0.717, 1.165) is 36.2 Å². The largest absolute Gasteiger partial charge is 0.352 e. The second kappa shape index (κ2) is 11.2. The summed E-state index contributed by atoms with van der Waals surface area (Å²) in [6, 6.07) is 11.2. The lowest BCUT2D eigenvalue weighted by Gasteiger charge is -2.32. The molecule has 0 spiro atoms. The predicted octanol–water partition coefficient (Wildman–Crippen LogP) is 3.72. The van der Waals surface area contributed by atoms with E-state index in [1.165, 1.54) is 35.2 Å². The quantitative estimate of drug-likeness (QED) is 0.558. The van der Waals surface area contributed by atoms with Gasteiger partial charge in [0.2, 0.25) is 21.8 Å². The van der Waals surface area contributed by atoms with Crippen LogP contribution in [0.25, 0.3) is 0 Å². The first kappa shape index (κ1) is 26.0. The summed E-state index contributed by atoms with van der Waals surface area (Å²) in [5.41, 5.74) is 0.447. The van der Waals surface area contributed by atoms with E-state index in [1.807, 2.05) is 0 Å². The number of nitrogens with zero attached hydrogens (tertiary/aromatic N) is 2. The number of halogens is 2. The Hall–Kier alpha value is -2.65. The Labute approximate surface area is 204 Å². The Morgan fingerprint density at radius 2 is 1.82 bits per heavy atom. The van der Waals surface area contributed by atoms with Gasteiger partial charge in [-0.15, -0.1) is 0 Å². The van der Waals surface area contributed by atoms with Gasteiger partial charge in [0.25, 0.3) is 0 Å². The van der Waals surface area contributed by atoms with E-state index in [4.69, 9.17) is 11.6 Å². The monoisotopic (exact) mass is 509 g/mol. The highest BCUT2D eigenvalue weighted by molar-refractivity contribution is 7.92. The van der Waals surface area contributed by atoms with Gasteiger partial charge in [-0.2, -0.15) is 0 Å². The van der Waals surface area contributed by atoms with Crippen molar-refractivity contribution >= 4 is 39.1 Å². The number of rotatable bonds is 9. The highest BCUT2D eigenvalue weighted by Gasteiger charge is 2.31. The summed E-state index contributed by atoms with van der Waals surface area (Å²) in [6.45, 7) is 0.819. The van der Waals surface area contributed by atoms with Crippen molar-refractivity contribution in [3.05, 3.63) is 64.9 Å². The molecular weight excluding hydrogens is 481 g/mol. The van der Waals surface area contributed by atoms with Crippen molar-refractivity contribution in [2.24, 2.45) is 0 Å². The van der Waals surface area contributed by atoms with Gasteiger partial charge in [0.05, 0.1) is 11.9 Å². The van der Waals surface area contributed by atoms with Crippen LogP contribution in [-0.2, 0) is 26.2 Å². The fourth-order valence-corrected chi connectivity index (χ4v) is 5.06. The first-order chi connectivity index (χ1) is 16.1. The van der Waals surface area contributed by atoms with Crippen LogP contribution in [0.15, 0.2) is 48.5 Å². The average Bonchev–Trinajstić information content (AvgIpc) is 3.28. The molecule has 184 valence electrons. The second-order valence-electron chi connectivity index (χ2n) is 8.53. The fraction of sp³-hybridized carbons (Fsp3) is 0.417. The van der Waals surface area contributed by atoms with E-state index in [2.05, 4.69) is 5.32 Å². The summed E-state index contributed by atoms with van der Waals surface area (Å²) in [4.78, 5) is 27.6. The van der Waals surface area contributed by atoms with Crippen LogP contribution in [0.5, 0.6) is 0 Å². The van der Waals surface area contributed by atoms with Crippen LogP contribution >= 0.6 is 11.6 Å². The van der Waals surface area contributed by atoms with Crippen molar-refractivity contribution in [2.45, 2.75) is 51.2 Å². The Morgan fingerprint density at radius 1 is 1.15 bits per heavy atom. The van der Waals surface area contributed by atoms with Gasteiger partial charge in [0, 0.05) is 23.2 Å². The van der Waals surface area contributed by atoms with Crippen LogP contribution in [0.4, 0.5) is 10.1 Å². The first-order valence-electron chi connectivity index (χ1n) is 11.1. The zero-order valence-corrected chi connectivity index (χ0v) is 20.8. The minimum absolute atomic E-state index is 0.0411. The standard InChI is InChI=1S/C24H29ClFN3O4S/c1-17(24(31)27-20-10-4-5-11-20)28(15-18-8-3-6-13-22(18)26)23(30)16-29(34(2,32)33)21-12-7-9-19(25)14-21/h3,6-9,12-14,17,20H,4-5,10-11,15-16H2,1-2H3,(H,27,31). The number of hydrogen-bond donors (Lipinski definition) is 1. The number of hydrogen-bond acceptors (Lipinski definition) is 4. The lowest BCUT2D eigenvalue weighted by molar-refractivity contribution is -0.139. The lowest BCUT2D eigenvalue weighted by atomic mass is 10.1. The smallest absolute Gasteiger partial charge is 0.244 e. The van der Waals surface area contributed by atoms with Crippen molar-refractivity contribution in [1.82, 2.24) is 10.2 Å². The molecule has 3 rings (SSSR count). The molecule has 0 aliphatic heterocycles. The number of nitrogens with one attached hydrogen (secondary N) is 1. The van der Waals surface area contributed by atoms with Crippen molar-refractivity contribution < 1.29 is 22.4 Å². The Bertz CT molecular complexity index is 1140. The molecule has 0 bridgehead atoms. The van der Waals surface area contributed by atoms with E-state index in [9.17, 15) is 22.4 Å². The molecule has 2 aromatic carbocycles. The number of carbonyl (C=O) groups is 2. The minimum Gasteiger partial charge on any atom is -0.352 e. The van der Waals surface area contributed by atoms with Gasteiger partial charge >= 0.3 is 0 Å². The normalized spacial score (nSPS) is 15.1. The highest BCUT2D eigenvalue weighted by atomic mass is 35.5. The Kier molecular flexibility index (Phi) is 8.54. The maximum absolute atomic E-state index is 14.4. The Balaban J connectivity index is 1.89. The fourth-order valence-electron chi connectivity index (χ4n) is 4.03. The number of anilines is 1. The maximum atomic E-state index is 14.4. The van der Waals surface area contributed by atoms with Crippen molar-refractivity contribution in [3.8, 4) is 0 Å². The first-order valence-corrected chi connectivity index (χ1v) is 13.4. The molecule has 7 nitrogen and oxygen atoms in total. The predicted molar refractivity (Wildman–Crippen MR) is 130 cm³/mol. The number of sulfonamides is 1. The molecule has 34 heavy (non-hydrogen) atoms. The molecule has 10 heteroatoms. The number of benzene rings is 2. The average molecular weight is 510 g/mol. The molecule has 1 fully saturated rings. The molecule has 1 saturated carbocycles. The summed E-state index contributed by atoms with van der Waals surface area (Å²) in [6.07, 6.45) is 4.78. The minimum atomic E-state index is -3.86. The van der Waals surface area contributed by atoms with Gasteiger partial charge < -0.3 is 10.2 Å².